The smallest absolute Gasteiger partial charge is 0.143 e. The van der Waals surface area contributed by atoms with Gasteiger partial charge in [0.15, 0.2) is 0 Å². The van der Waals surface area contributed by atoms with Crippen molar-refractivity contribution in [1.82, 2.24) is 19.2 Å². The van der Waals surface area contributed by atoms with Gasteiger partial charge >= 0.3 is 0 Å². The maximum absolute atomic E-state index is 14.1. The molecule has 0 unspecified atom stereocenters. The summed E-state index contributed by atoms with van der Waals surface area (Å²) in [6.07, 6.45) is 4.54. The fourth-order valence-corrected chi connectivity index (χ4v) is 7.47. The molecule has 1 aromatic carbocycles. The standard InChI is InChI=1S/C26H32FN5O3S/c1-18-6-5-10-28-25(18)23-13-21(29-15-24(23)33)16-31-11-9-26(14-19(31)2)17-30(3)36(34,35)32(26)22-8-4-7-20(27)12-22/h4-8,10,12-13,15,19,33-35H,9,11,14,16-17H2,1-3H3/t19-,26+/m0/s1. The molecule has 0 bridgehead atoms. The van der Waals surface area contributed by atoms with Crippen molar-refractivity contribution in [2.75, 3.05) is 24.4 Å². The van der Waals surface area contributed by atoms with Crippen LogP contribution >= 0.6 is 11.0 Å². The number of piperidine rings is 1. The Labute approximate surface area is 212 Å². The molecular weight excluding hydrogens is 481 g/mol. The van der Waals surface area contributed by atoms with Gasteiger partial charge in [-0.1, -0.05) is 23.1 Å². The zero-order valence-corrected chi connectivity index (χ0v) is 21.5. The van der Waals surface area contributed by atoms with Crippen molar-refractivity contribution in [3.8, 4) is 17.0 Å². The van der Waals surface area contributed by atoms with Gasteiger partial charge in [0.1, 0.15) is 11.6 Å². The number of hydrogen-bond acceptors (Lipinski definition) is 8. The summed E-state index contributed by atoms with van der Waals surface area (Å²) in [6, 6.07) is 11.9. The monoisotopic (exact) mass is 513 g/mol. The molecule has 0 amide bonds. The Morgan fingerprint density at radius 3 is 2.69 bits per heavy atom. The van der Waals surface area contributed by atoms with Gasteiger partial charge in [-0.3, -0.25) is 28.3 Å². The van der Waals surface area contributed by atoms with E-state index in [0.29, 0.717) is 43.7 Å². The van der Waals surface area contributed by atoms with E-state index in [9.17, 15) is 18.6 Å². The minimum Gasteiger partial charge on any atom is -0.506 e. The number of pyridine rings is 2. The van der Waals surface area contributed by atoms with Crippen LogP contribution in [-0.2, 0) is 6.54 Å². The van der Waals surface area contributed by atoms with Crippen LogP contribution in [0.3, 0.4) is 0 Å². The second-order valence-electron chi connectivity index (χ2n) is 9.91. The van der Waals surface area contributed by atoms with E-state index >= 15 is 0 Å². The first kappa shape index (κ1) is 24.9. The van der Waals surface area contributed by atoms with Crippen LogP contribution in [0.1, 0.15) is 31.0 Å². The van der Waals surface area contributed by atoms with Crippen molar-refractivity contribution in [3.05, 3.63) is 71.9 Å². The third-order valence-corrected chi connectivity index (χ3v) is 9.44. The number of aryl methyl sites for hydroxylation is 1. The molecule has 2 aliphatic rings. The average Bonchev–Trinajstić information content (AvgIpc) is 3.01. The van der Waals surface area contributed by atoms with Gasteiger partial charge in [-0.15, -0.1) is 0 Å². The van der Waals surface area contributed by atoms with Gasteiger partial charge in [0.2, 0.25) is 0 Å². The van der Waals surface area contributed by atoms with Gasteiger partial charge in [0, 0.05) is 44.5 Å². The summed E-state index contributed by atoms with van der Waals surface area (Å²) < 4.78 is 39.5. The molecule has 0 saturated carbocycles. The maximum atomic E-state index is 14.1. The van der Waals surface area contributed by atoms with Crippen LogP contribution in [0.2, 0.25) is 0 Å². The molecule has 2 aliphatic heterocycles. The van der Waals surface area contributed by atoms with E-state index in [4.69, 9.17) is 0 Å². The molecule has 2 atom stereocenters. The van der Waals surface area contributed by atoms with Gasteiger partial charge in [0.25, 0.3) is 0 Å². The molecule has 1 spiro atoms. The zero-order valence-electron chi connectivity index (χ0n) is 20.7. The molecule has 0 radical (unpaired) electrons. The van der Waals surface area contributed by atoms with Crippen molar-refractivity contribution >= 4 is 16.6 Å². The fraction of sp³-hybridized carbons (Fsp3) is 0.385. The number of aromatic hydroxyl groups is 1. The zero-order chi connectivity index (χ0) is 25.7. The molecule has 2 saturated heterocycles. The van der Waals surface area contributed by atoms with Gasteiger partial charge in [-0.05, 0) is 62.6 Å². The summed E-state index contributed by atoms with van der Waals surface area (Å²) in [6.45, 7) is 5.85. The Bertz CT molecular complexity index is 1280. The number of likely N-dealkylation sites (N-methyl/N-ethyl adjacent to an activating group) is 1. The van der Waals surface area contributed by atoms with Crippen LogP contribution in [0, 0.1) is 12.7 Å². The van der Waals surface area contributed by atoms with Crippen molar-refractivity contribution in [2.45, 2.75) is 44.8 Å². The number of hydrogen-bond donors (Lipinski definition) is 3. The SMILES string of the molecule is Cc1cccnc1-c1cc(CN2CC[C@@]3(C[C@@H]2C)CN(C)S(O)(O)N3c2cccc(F)c2)ncc1O. The first-order chi connectivity index (χ1) is 17.1. The van der Waals surface area contributed by atoms with Gasteiger partial charge in [0.05, 0.1) is 28.8 Å². The molecule has 8 nitrogen and oxygen atoms in total. The van der Waals surface area contributed by atoms with E-state index in [1.54, 1.807) is 34.0 Å². The molecular formula is C26H32FN5O3S. The third-order valence-electron chi connectivity index (χ3n) is 7.39. The number of likely N-dealkylation sites (tertiary alicyclic amines) is 1. The van der Waals surface area contributed by atoms with E-state index < -0.39 is 22.3 Å². The lowest BCUT2D eigenvalue weighted by Crippen LogP contribution is -2.57. The molecule has 3 N–H and O–H groups in total. The van der Waals surface area contributed by atoms with Gasteiger partial charge in [-0.25, -0.2) is 4.39 Å². The lowest BCUT2D eigenvalue weighted by Gasteiger charge is -2.51. The lowest BCUT2D eigenvalue weighted by molar-refractivity contribution is 0.0992. The molecule has 0 aliphatic carbocycles. The summed E-state index contributed by atoms with van der Waals surface area (Å²) in [5, 5.41) is 10.4. The Hall–Kier alpha value is -2.76. The molecule has 192 valence electrons. The van der Waals surface area contributed by atoms with Crippen LogP contribution in [0.4, 0.5) is 10.1 Å². The number of benzene rings is 1. The molecule has 2 fully saturated rings. The predicted molar refractivity (Wildman–Crippen MR) is 140 cm³/mol. The van der Waals surface area contributed by atoms with Crippen LogP contribution in [0.15, 0.2) is 54.9 Å². The Kier molecular flexibility index (Phi) is 6.42. The van der Waals surface area contributed by atoms with Crippen LogP contribution in [-0.4, -0.2) is 65.1 Å². The minimum atomic E-state index is -3.25. The molecule has 3 aromatic rings. The first-order valence-electron chi connectivity index (χ1n) is 12.0. The van der Waals surface area contributed by atoms with Crippen LogP contribution < -0.4 is 4.31 Å². The number of nitrogens with zero attached hydrogens (tertiary/aromatic N) is 5. The normalized spacial score (nSPS) is 25.4. The summed E-state index contributed by atoms with van der Waals surface area (Å²) in [5.41, 5.74) is 3.13. The number of anilines is 1. The molecule has 36 heavy (non-hydrogen) atoms. The highest BCUT2D eigenvalue weighted by molar-refractivity contribution is 8.23. The second kappa shape index (κ2) is 9.28. The quantitative estimate of drug-likeness (QED) is 0.446. The first-order valence-corrected chi connectivity index (χ1v) is 13.5. The van der Waals surface area contributed by atoms with Crippen molar-refractivity contribution in [2.24, 2.45) is 0 Å². The van der Waals surface area contributed by atoms with E-state index in [2.05, 4.69) is 21.8 Å². The predicted octanol–water partition coefficient (Wildman–Crippen LogP) is 5.05. The summed E-state index contributed by atoms with van der Waals surface area (Å²) >= 11 is 0. The highest BCUT2D eigenvalue weighted by atomic mass is 32.3. The maximum Gasteiger partial charge on any atom is 0.143 e. The lowest BCUT2D eigenvalue weighted by atomic mass is 9.83. The van der Waals surface area contributed by atoms with Crippen molar-refractivity contribution < 1.29 is 18.6 Å². The second-order valence-corrected chi connectivity index (χ2v) is 11.9. The van der Waals surface area contributed by atoms with Gasteiger partial charge < -0.3 is 5.11 Å². The van der Waals surface area contributed by atoms with E-state index in [1.807, 2.05) is 25.1 Å². The van der Waals surface area contributed by atoms with E-state index in [1.165, 1.54) is 18.3 Å². The Morgan fingerprint density at radius 2 is 1.97 bits per heavy atom. The van der Waals surface area contributed by atoms with Crippen molar-refractivity contribution in [3.63, 3.8) is 0 Å². The summed E-state index contributed by atoms with van der Waals surface area (Å²) in [4.78, 5) is 11.2. The largest absolute Gasteiger partial charge is 0.506 e. The summed E-state index contributed by atoms with van der Waals surface area (Å²) in [7, 11) is -1.55. The third kappa shape index (κ3) is 4.33. The number of rotatable bonds is 4. The van der Waals surface area contributed by atoms with Crippen LogP contribution in [0.25, 0.3) is 11.3 Å². The molecule has 2 aromatic heterocycles. The number of halogens is 1. The van der Waals surface area contributed by atoms with Gasteiger partial charge in [-0.2, -0.15) is 4.31 Å². The minimum absolute atomic E-state index is 0.0936. The average molecular weight is 514 g/mol. The molecule has 5 rings (SSSR count). The van der Waals surface area contributed by atoms with Crippen molar-refractivity contribution in [1.29, 1.82) is 0 Å². The highest BCUT2D eigenvalue weighted by Crippen LogP contribution is 2.61. The fourth-order valence-electron chi connectivity index (χ4n) is 5.64. The molecule has 10 heteroatoms. The molecule has 4 heterocycles. The van der Waals surface area contributed by atoms with Crippen LogP contribution in [0.5, 0.6) is 5.75 Å². The van der Waals surface area contributed by atoms with E-state index in [0.717, 1.165) is 17.0 Å². The van der Waals surface area contributed by atoms with E-state index in [-0.39, 0.29) is 11.8 Å². The number of aromatic nitrogens is 2. The Morgan fingerprint density at radius 1 is 1.17 bits per heavy atom. The topological polar surface area (TPSA) is 96.2 Å². The summed E-state index contributed by atoms with van der Waals surface area (Å²) in [5.74, 6) is -0.314. The Balaban J connectivity index is 1.39. The highest BCUT2D eigenvalue weighted by Gasteiger charge is 2.55.